The van der Waals surface area contributed by atoms with Gasteiger partial charge in [0.1, 0.15) is 5.75 Å². The van der Waals surface area contributed by atoms with Crippen molar-refractivity contribution in [2.24, 2.45) is 5.73 Å². The van der Waals surface area contributed by atoms with Gasteiger partial charge in [-0.05, 0) is 25.0 Å². The number of para-hydroxylation sites is 1. The van der Waals surface area contributed by atoms with Gasteiger partial charge >= 0.3 is 6.03 Å². The van der Waals surface area contributed by atoms with Gasteiger partial charge in [-0.25, -0.2) is 4.79 Å². The smallest absolute Gasteiger partial charge is 0.323 e. The molecular formula is C21H30N2O2. The Kier molecular flexibility index (Phi) is 7.11. The molecule has 2 N–H and O–H groups in total. The molecule has 0 fully saturated rings. The Labute approximate surface area is 151 Å². The molecule has 136 valence electrons. The molecule has 0 saturated heterocycles. The number of hydrogen-bond acceptors (Lipinski definition) is 2. The van der Waals surface area contributed by atoms with E-state index in [-0.39, 0.29) is 0 Å². The number of aromatic nitrogens is 1. The number of nitrogens with zero attached hydrogens (tertiary/aromatic N) is 1. The second kappa shape index (κ2) is 9.30. The summed E-state index contributed by atoms with van der Waals surface area (Å²) in [4.78, 5) is 12.0. The molecule has 1 heterocycles. The molecule has 1 amide bonds. The van der Waals surface area contributed by atoms with Gasteiger partial charge in [0.25, 0.3) is 0 Å². The SMILES string of the molecule is CCCCCCC(CC)c1c(-c2ccccc2OC)ccn1C(N)=O. The first kappa shape index (κ1) is 19.1. The Hall–Kier alpha value is -2.23. The molecule has 1 aromatic carbocycles. The number of methoxy groups -OCH3 is 1. The van der Waals surface area contributed by atoms with Crippen LogP contribution >= 0.6 is 0 Å². The first-order valence-electron chi connectivity index (χ1n) is 9.28. The second-order valence-electron chi connectivity index (χ2n) is 6.48. The van der Waals surface area contributed by atoms with Crippen LogP contribution in [0.5, 0.6) is 5.75 Å². The van der Waals surface area contributed by atoms with Crippen molar-refractivity contribution < 1.29 is 9.53 Å². The number of carbonyl (C=O) groups excluding carboxylic acids is 1. The Morgan fingerprint density at radius 1 is 1.12 bits per heavy atom. The zero-order valence-electron chi connectivity index (χ0n) is 15.6. The van der Waals surface area contributed by atoms with Crippen LogP contribution in [-0.2, 0) is 0 Å². The van der Waals surface area contributed by atoms with E-state index in [1.165, 1.54) is 25.7 Å². The van der Waals surface area contributed by atoms with E-state index < -0.39 is 6.03 Å². The van der Waals surface area contributed by atoms with Crippen molar-refractivity contribution in [2.45, 2.75) is 58.3 Å². The molecule has 0 aliphatic carbocycles. The molecule has 0 radical (unpaired) electrons. The maximum atomic E-state index is 12.0. The summed E-state index contributed by atoms with van der Waals surface area (Å²) < 4.78 is 7.13. The van der Waals surface area contributed by atoms with Crippen molar-refractivity contribution in [2.75, 3.05) is 7.11 Å². The molecule has 1 aromatic heterocycles. The van der Waals surface area contributed by atoms with Crippen molar-refractivity contribution in [1.29, 1.82) is 0 Å². The highest BCUT2D eigenvalue weighted by Gasteiger charge is 2.23. The van der Waals surface area contributed by atoms with Crippen molar-refractivity contribution in [1.82, 2.24) is 4.57 Å². The minimum atomic E-state index is -0.428. The van der Waals surface area contributed by atoms with Gasteiger partial charge in [0.05, 0.1) is 7.11 Å². The van der Waals surface area contributed by atoms with Gasteiger partial charge in [0, 0.05) is 28.9 Å². The van der Waals surface area contributed by atoms with E-state index in [9.17, 15) is 4.79 Å². The number of benzene rings is 1. The van der Waals surface area contributed by atoms with Gasteiger partial charge in [0.2, 0.25) is 0 Å². The molecule has 2 aromatic rings. The quantitative estimate of drug-likeness (QED) is 0.607. The summed E-state index contributed by atoms with van der Waals surface area (Å²) in [6.07, 6.45) is 8.71. The van der Waals surface area contributed by atoms with Crippen LogP contribution in [0.3, 0.4) is 0 Å². The van der Waals surface area contributed by atoms with Crippen LogP contribution in [0, 0.1) is 0 Å². The standard InChI is InChI=1S/C21H30N2O2/c1-4-6-7-8-11-16(5-2)20-18(14-15-23(20)21(22)24)17-12-9-10-13-19(17)25-3/h9-10,12-16H,4-8,11H2,1-3H3,(H2,22,24). The number of rotatable bonds is 9. The number of amides is 1. The molecule has 0 aliphatic rings. The van der Waals surface area contributed by atoms with Gasteiger partial charge < -0.3 is 10.5 Å². The average Bonchev–Trinajstić information content (AvgIpc) is 3.06. The summed E-state index contributed by atoms with van der Waals surface area (Å²) in [6, 6.07) is 9.48. The topological polar surface area (TPSA) is 57.2 Å². The van der Waals surface area contributed by atoms with Crippen molar-refractivity contribution in [3.63, 3.8) is 0 Å². The van der Waals surface area contributed by atoms with Gasteiger partial charge in [-0.2, -0.15) is 0 Å². The maximum absolute atomic E-state index is 12.0. The maximum Gasteiger partial charge on any atom is 0.323 e. The summed E-state index contributed by atoms with van der Waals surface area (Å²) in [5.41, 5.74) is 8.70. The number of hydrogen-bond donors (Lipinski definition) is 1. The lowest BCUT2D eigenvalue weighted by molar-refractivity contribution is 0.249. The highest BCUT2D eigenvalue weighted by molar-refractivity contribution is 5.81. The van der Waals surface area contributed by atoms with Crippen LogP contribution < -0.4 is 10.5 Å². The molecule has 2 rings (SSSR count). The molecule has 25 heavy (non-hydrogen) atoms. The molecule has 4 heteroatoms. The van der Waals surface area contributed by atoms with E-state index in [2.05, 4.69) is 13.8 Å². The molecule has 0 aliphatic heterocycles. The lowest BCUT2D eigenvalue weighted by atomic mass is 9.90. The lowest BCUT2D eigenvalue weighted by Gasteiger charge is -2.20. The monoisotopic (exact) mass is 342 g/mol. The average molecular weight is 342 g/mol. The van der Waals surface area contributed by atoms with Crippen LogP contribution in [0.1, 0.15) is 64.0 Å². The third kappa shape index (κ3) is 4.44. The van der Waals surface area contributed by atoms with Crippen molar-refractivity contribution in [3.05, 3.63) is 42.2 Å². The fourth-order valence-electron chi connectivity index (χ4n) is 3.50. The van der Waals surface area contributed by atoms with Gasteiger partial charge in [-0.3, -0.25) is 4.57 Å². The van der Waals surface area contributed by atoms with E-state index in [1.54, 1.807) is 17.9 Å². The Morgan fingerprint density at radius 2 is 1.88 bits per heavy atom. The van der Waals surface area contributed by atoms with E-state index in [1.807, 2.05) is 30.3 Å². The van der Waals surface area contributed by atoms with E-state index in [0.717, 1.165) is 35.4 Å². The molecular weight excluding hydrogens is 312 g/mol. The predicted octanol–water partition coefficient (Wildman–Crippen LogP) is 5.55. The van der Waals surface area contributed by atoms with Crippen LogP contribution in [-0.4, -0.2) is 17.7 Å². The van der Waals surface area contributed by atoms with Crippen LogP contribution in [0.2, 0.25) is 0 Å². The van der Waals surface area contributed by atoms with Crippen LogP contribution in [0.4, 0.5) is 4.79 Å². The fourth-order valence-corrected chi connectivity index (χ4v) is 3.50. The highest BCUT2D eigenvalue weighted by Crippen LogP contribution is 2.38. The molecule has 0 saturated carbocycles. The van der Waals surface area contributed by atoms with Crippen molar-refractivity contribution >= 4 is 6.03 Å². The van der Waals surface area contributed by atoms with E-state index >= 15 is 0 Å². The predicted molar refractivity (Wildman–Crippen MR) is 103 cm³/mol. The largest absolute Gasteiger partial charge is 0.496 e. The van der Waals surface area contributed by atoms with Crippen LogP contribution in [0.15, 0.2) is 36.5 Å². The molecule has 0 spiro atoms. The van der Waals surface area contributed by atoms with E-state index in [0.29, 0.717) is 5.92 Å². The highest BCUT2D eigenvalue weighted by atomic mass is 16.5. The number of carbonyl (C=O) groups is 1. The minimum absolute atomic E-state index is 0.305. The van der Waals surface area contributed by atoms with Gasteiger partial charge in [-0.15, -0.1) is 0 Å². The zero-order chi connectivity index (χ0) is 18.2. The summed E-state index contributed by atoms with van der Waals surface area (Å²) in [7, 11) is 1.67. The molecule has 0 bridgehead atoms. The fraction of sp³-hybridized carbons (Fsp3) is 0.476. The number of nitrogens with two attached hydrogens (primary N) is 1. The molecule has 1 unspecified atom stereocenters. The number of ether oxygens (including phenoxy) is 1. The summed E-state index contributed by atoms with van der Waals surface area (Å²) in [5, 5.41) is 0. The zero-order valence-corrected chi connectivity index (χ0v) is 15.6. The third-order valence-corrected chi connectivity index (χ3v) is 4.85. The Morgan fingerprint density at radius 3 is 2.52 bits per heavy atom. The first-order valence-corrected chi connectivity index (χ1v) is 9.28. The molecule has 4 nitrogen and oxygen atoms in total. The number of unbranched alkanes of at least 4 members (excludes halogenated alkanes) is 3. The van der Waals surface area contributed by atoms with Gasteiger partial charge in [0.15, 0.2) is 0 Å². The van der Waals surface area contributed by atoms with Gasteiger partial charge in [-0.1, -0.05) is 57.7 Å². The Bertz CT molecular complexity index is 691. The van der Waals surface area contributed by atoms with E-state index in [4.69, 9.17) is 10.5 Å². The van der Waals surface area contributed by atoms with Crippen molar-refractivity contribution in [3.8, 4) is 16.9 Å². The summed E-state index contributed by atoms with van der Waals surface area (Å²) >= 11 is 0. The summed E-state index contributed by atoms with van der Waals surface area (Å²) in [5.74, 6) is 1.12. The number of primary amides is 1. The van der Waals surface area contributed by atoms with Crippen LogP contribution in [0.25, 0.3) is 11.1 Å². The summed E-state index contributed by atoms with van der Waals surface area (Å²) in [6.45, 7) is 4.39. The second-order valence-corrected chi connectivity index (χ2v) is 6.48. The third-order valence-electron chi connectivity index (χ3n) is 4.85. The lowest BCUT2D eigenvalue weighted by Crippen LogP contribution is -2.22. The first-order chi connectivity index (χ1) is 12.1. The normalized spacial score (nSPS) is 12.1. The molecule has 1 atom stereocenters. The Balaban J connectivity index is 2.43. The minimum Gasteiger partial charge on any atom is -0.496 e.